The lowest BCUT2D eigenvalue weighted by atomic mass is 10.2. The minimum absolute atomic E-state index is 0.805. The van der Waals surface area contributed by atoms with Crippen LogP contribution in [0.25, 0.3) is 0 Å². The molecule has 0 spiro atoms. The molecule has 0 atom stereocenters. The third-order valence-corrected chi connectivity index (χ3v) is 3.18. The van der Waals surface area contributed by atoms with Crippen molar-refractivity contribution < 1.29 is 0 Å². The van der Waals surface area contributed by atoms with E-state index in [-0.39, 0.29) is 0 Å². The van der Waals surface area contributed by atoms with Gasteiger partial charge in [0.25, 0.3) is 0 Å². The van der Waals surface area contributed by atoms with Crippen LogP contribution in [0.5, 0.6) is 0 Å². The van der Waals surface area contributed by atoms with E-state index in [1.165, 1.54) is 5.56 Å². The van der Waals surface area contributed by atoms with Gasteiger partial charge >= 0.3 is 0 Å². The molecule has 0 amide bonds. The van der Waals surface area contributed by atoms with Gasteiger partial charge in [0.05, 0.1) is 16.4 Å². The Hall–Kier alpha value is -1.55. The van der Waals surface area contributed by atoms with E-state index >= 15 is 0 Å². The summed E-state index contributed by atoms with van der Waals surface area (Å²) in [7, 11) is 0. The van der Waals surface area contributed by atoms with Crippen molar-refractivity contribution in [2.45, 2.75) is 13.3 Å². The van der Waals surface area contributed by atoms with E-state index in [1.807, 2.05) is 30.6 Å². The molecule has 0 saturated heterocycles. The predicted molar refractivity (Wildman–Crippen MR) is 69.9 cm³/mol. The number of nitrogens with two attached hydrogens (primary N) is 1. The van der Waals surface area contributed by atoms with Crippen molar-refractivity contribution in [1.29, 1.82) is 0 Å². The van der Waals surface area contributed by atoms with Crippen molar-refractivity contribution in [3.63, 3.8) is 0 Å². The number of benzene rings is 1. The summed E-state index contributed by atoms with van der Waals surface area (Å²) in [5.74, 6) is 0. The number of nitrogens with zero attached hydrogens (tertiary/aromatic N) is 1. The highest BCUT2D eigenvalue weighted by atomic mass is 32.1. The molecule has 0 bridgehead atoms. The van der Waals surface area contributed by atoms with E-state index in [1.54, 1.807) is 11.3 Å². The molecule has 1 aromatic heterocycles. The molecule has 0 saturated carbocycles. The van der Waals surface area contributed by atoms with Gasteiger partial charge in [-0.15, -0.1) is 11.3 Å². The van der Waals surface area contributed by atoms with Gasteiger partial charge < -0.3 is 11.1 Å². The molecule has 0 aliphatic carbocycles. The Bertz CT molecular complexity index is 451. The lowest BCUT2D eigenvalue weighted by Gasteiger charge is -2.08. The normalized spacial score (nSPS) is 10.3. The van der Waals surface area contributed by atoms with Crippen molar-refractivity contribution in [2.24, 2.45) is 0 Å². The van der Waals surface area contributed by atoms with E-state index in [2.05, 4.69) is 16.4 Å². The van der Waals surface area contributed by atoms with Crippen LogP contribution in [0, 0.1) is 6.92 Å². The lowest BCUT2D eigenvalue weighted by Crippen LogP contribution is -2.06. The summed E-state index contributed by atoms with van der Waals surface area (Å²) >= 11 is 1.68. The molecule has 0 fully saturated rings. The van der Waals surface area contributed by atoms with Crippen LogP contribution in [0.2, 0.25) is 0 Å². The maximum absolute atomic E-state index is 5.91. The van der Waals surface area contributed by atoms with Crippen LogP contribution in [-0.2, 0) is 6.42 Å². The van der Waals surface area contributed by atoms with E-state index in [4.69, 9.17) is 5.73 Å². The molecule has 4 heteroatoms. The fourth-order valence-electron chi connectivity index (χ4n) is 1.52. The Morgan fingerprint density at radius 2 is 2.31 bits per heavy atom. The first-order valence-corrected chi connectivity index (χ1v) is 6.12. The van der Waals surface area contributed by atoms with Crippen LogP contribution in [0.4, 0.5) is 11.4 Å². The average Bonchev–Trinajstić information content (AvgIpc) is 2.74. The second-order valence-electron chi connectivity index (χ2n) is 3.69. The minimum Gasteiger partial charge on any atom is -0.397 e. The first kappa shape index (κ1) is 11.0. The molecule has 0 aliphatic rings. The number of aromatic nitrogens is 1. The van der Waals surface area contributed by atoms with Crippen LogP contribution in [-0.4, -0.2) is 11.5 Å². The number of nitrogens with one attached hydrogen (secondary N) is 1. The maximum atomic E-state index is 5.91. The van der Waals surface area contributed by atoms with Crippen molar-refractivity contribution in [3.8, 4) is 0 Å². The molecular formula is C12H15N3S. The first-order valence-electron chi connectivity index (χ1n) is 5.24. The number of rotatable bonds is 4. The van der Waals surface area contributed by atoms with E-state index in [0.717, 1.165) is 29.3 Å². The van der Waals surface area contributed by atoms with Crippen LogP contribution < -0.4 is 11.1 Å². The van der Waals surface area contributed by atoms with Gasteiger partial charge in [-0.05, 0) is 24.6 Å². The van der Waals surface area contributed by atoms with Crippen LogP contribution in [0.3, 0.4) is 0 Å². The molecule has 2 rings (SSSR count). The fraction of sp³-hybridized carbons (Fsp3) is 0.250. The monoisotopic (exact) mass is 233 g/mol. The van der Waals surface area contributed by atoms with Gasteiger partial charge in [0.1, 0.15) is 0 Å². The second kappa shape index (κ2) is 4.99. The van der Waals surface area contributed by atoms with Crippen molar-refractivity contribution in [1.82, 2.24) is 4.98 Å². The van der Waals surface area contributed by atoms with Gasteiger partial charge in [-0.1, -0.05) is 6.07 Å². The molecule has 1 heterocycles. The van der Waals surface area contributed by atoms with E-state index < -0.39 is 0 Å². The molecule has 0 unspecified atom stereocenters. The Kier molecular flexibility index (Phi) is 3.41. The van der Waals surface area contributed by atoms with Gasteiger partial charge in [0.2, 0.25) is 0 Å². The van der Waals surface area contributed by atoms with E-state index in [0.29, 0.717) is 0 Å². The number of nitrogen functional groups attached to an aromatic ring is 1. The fourth-order valence-corrected chi connectivity index (χ4v) is 2.14. The Balaban J connectivity index is 1.90. The molecule has 0 radical (unpaired) electrons. The zero-order valence-electron chi connectivity index (χ0n) is 9.23. The van der Waals surface area contributed by atoms with Gasteiger partial charge in [-0.2, -0.15) is 0 Å². The summed E-state index contributed by atoms with van der Waals surface area (Å²) in [6.45, 7) is 2.90. The molecule has 0 aliphatic heterocycles. The summed E-state index contributed by atoms with van der Waals surface area (Å²) in [5.41, 5.74) is 8.90. The van der Waals surface area contributed by atoms with Gasteiger partial charge in [-0.25, -0.2) is 4.98 Å². The molecule has 3 nitrogen and oxygen atoms in total. The number of hydrogen-bond acceptors (Lipinski definition) is 4. The number of thiazole rings is 1. The summed E-state index contributed by atoms with van der Waals surface area (Å²) in [4.78, 5) is 4.23. The topological polar surface area (TPSA) is 50.9 Å². The Morgan fingerprint density at radius 3 is 3.00 bits per heavy atom. The molecule has 3 N–H and O–H groups in total. The Labute approximate surface area is 99.3 Å². The second-order valence-corrected chi connectivity index (χ2v) is 4.67. The van der Waals surface area contributed by atoms with Crippen molar-refractivity contribution in [3.05, 3.63) is 40.3 Å². The quantitative estimate of drug-likeness (QED) is 0.798. The van der Waals surface area contributed by atoms with E-state index in [9.17, 15) is 0 Å². The zero-order chi connectivity index (χ0) is 11.4. The highest BCUT2D eigenvalue weighted by molar-refractivity contribution is 7.09. The molecule has 16 heavy (non-hydrogen) atoms. The standard InChI is InChI=1S/C12H15N3S/c1-9-2-3-11(10(13)8-9)14-5-4-12-15-6-7-16-12/h2-3,6-8,14H,4-5,13H2,1H3. The maximum Gasteiger partial charge on any atom is 0.0942 e. The minimum atomic E-state index is 0.805. The first-order chi connectivity index (χ1) is 7.75. The molecule has 2 aromatic rings. The average molecular weight is 233 g/mol. The number of anilines is 2. The third-order valence-electron chi connectivity index (χ3n) is 2.34. The third kappa shape index (κ3) is 2.73. The van der Waals surface area contributed by atoms with Crippen molar-refractivity contribution >= 4 is 22.7 Å². The van der Waals surface area contributed by atoms with Gasteiger partial charge in [0.15, 0.2) is 0 Å². The molecular weight excluding hydrogens is 218 g/mol. The Morgan fingerprint density at radius 1 is 1.44 bits per heavy atom. The highest BCUT2D eigenvalue weighted by Gasteiger charge is 1.99. The van der Waals surface area contributed by atoms with Crippen LogP contribution in [0.15, 0.2) is 29.8 Å². The predicted octanol–water partition coefficient (Wildman–Crippen LogP) is 2.69. The number of hydrogen-bond donors (Lipinski definition) is 2. The van der Waals surface area contributed by atoms with Crippen molar-refractivity contribution in [2.75, 3.05) is 17.6 Å². The van der Waals surface area contributed by atoms with Crippen LogP contribution >= 0.6 is 11.3 Å². The summed E-state index contributed by atoms with van der Waals surface area (Å²) in [6.07, 6.45) is 2.77. The summed E-state index contributed by atoms with van der Waals surface area (Å²) < 4.78 is 0. The smallest absolute Gasteiger partial charge is 0.0942 e. The summed E-state index contributed by atoms with van der Waals surface area (Å²) in [5, 5.41) is 6.47. The number of aryl methyl sites for hydroxylation is 1. The SMILES string of the molecule is Cc1ccc(NCCc2nccs2)c(N)c1. The zero-order valence-corrected chi connectivity index (χ0v) is 10.1. The van der Waals surface area contributed by atoms with Crippen LogP contribution in [0.1, 0.15) is 10.6 Å². The highest BCUT2D eigenvalue weighted by Crippen LogP contribution is 2.19. The molecule has 84 valence electrons. The largest absolute Gasteiger partial charge is 0.397 e. The van der Waals surface area contributed by atoms with Gasteiger partial charge in [0, 0.05) is 24.5 Å². The summed E-state index contributed by atoms with van der Waals surface area (Å²) in [6, 6.07) is 6.06. The van der Waals surface area contributed by atoms with Gasteiger partial charge in [-0.3, -0.25) is 0 Å². The lowest BCUT2D eigenvalue weighted by molar-refractivity contribution is 0.998. The molecule has 1 aromatic carbocycles.